The van der Waals surface area contributed by atoms with Gasteiger partial charge >= 0.3 is 0 Å². The Hall–Kier alpha value is -3.01. The van der Waals surface area contributed by atoms with E-state index in [0.29, 0.717) is 19.5 Å². The van der Waals surface area contributed by atoms with Crippen LogP contribution in [0.2, 0.25) is 0 Å². The predicted molar refractivity (Wildman–Crippen MR) is 124 cm³/mol. The summed E-state index contributed by atoms with van der Waals surface area (Å²) in [7, 11) is 0. The first kappa shape index (κ1) is 22.7. The van der Waals surface area contributed by atoms with Crippen LogP contribution in [0.4, 0.5) is 0 Å². The van der Waals surface area contributed by atoms with Crippen molar-refractivity contribution in [2.24, 2.45) is 0 Å². The van der Waals surface area contributed by atoms with E-state index in [1.807, 2.05) is 62.1 Å². The molecule has 0 saturated carbocycles. The minimum Gasteiger partial charge on any atom is -0.491 e. The molecule has 0 fully saturated rings. The first-order valence-corrected chi connectivity index (χ1v) is 11.1. The van der Waals surface area contributed by atoms with Gasteiger partial charge in [-0.3, -0.25) is 4.79 Å². The molecule has 3 aromatic rings. The standard InChI is InChI=1S/C27H33NO3/c1-5-27(29)28(19-22-10-14-24(15-11-22)31-20(2)3)17-16-25(26-7-6-18-30-26)23-12-8-21(4)9-13-23/h6-15,18,20,25H,5,16-17,19H2,1-4H3/t25-/m1/s1. The Morgan fingerprint density at radius 3 is 2.32 bits per heavy atom. The highest BCUT2D eigenvalue weighted by atomic mass is 16.5. The lowest BCUT2D eigenvalue weighted by Gasteiger charge is -2.25. The van der Waals surface area contributed by atoms with E-state index in [-0.39, 0.29) is 17.9 Å². The second-order valence-electron chi connectivity index (χ2n) is 8.25. The van der Waals surface area contributed by atoms with E-state index in [9.17, 15) is 4.79 Å². The Labute approximate surface area is 185 Å². The molecule has 0 aliphatic carbocycles. The quantitative estimate of drug-likeness (QED) is 0.385. The summed E-state index contributed by atoms with van der Waals surface area (Å²) in [5.41, 5.74) is 3.54. The van der Waals surface area contributed by atoms with Crippen LogP contribution >= 0.6 is 0 Å². The third-order valence-corrected chi connectivity index (χ3v) is 5.38. The molecule has 31 heavy (non-hydrogen) atoms. The van der Waals surface area contributed by atoms with Gasteiger partial charge in [-0.25, -0.2) is 0 Å². The average molecular weight is 420 g/mol. The number of hydrogen-bond acceptors (Lipinski definition) is 3. The Balaban J connectivity index is 1.73. The number of benzene rings is 2. The minimum absolute atomic E-state index is 0.115. The molecule has 0 aliphatic heterocycles. The summed E-state index contributed by atoms with van der Waals surface area (Å²) < 4.78 is 11.5. The van der Waals surface area contributed by atoms with Crippen LogP contribution in [-0.2, 0) is 11.3 Å². The topological polar surface area (TPSA) is 42.7 Å². The van der Waals surface area contributed by atoms with Crippen LogP contribution in [0, 0.1) is 6.92 Å². The van der Waals surface area contributed by atoms with Gasteiger partial charge in [-0.15, -0.1) is 0 Å². The number of ether oxygens (including phenoxy) is 1. The van der Waals surface area contributed by atoms with Crippen molar-refractivity contribution in [2.45, 2.75) is 59.1 Å². The number of carbonyl (C=O) groups is 1. The van der Waals surface area contributed by atoms with Gasteiger partial charge < -0.3 is 14.1 Å². The van der Waals surface area contributed by atoms with Crippen molar-refractivity contribution in [3.63, 3.8) is 0 Å². The molecule has 1 atom stereocenters. The van der Waals surface area contributed by atoms with Crippen molar-refractivity contribution < 1.29 is 13.9 Å². The smallest absolute Gasteiger partial charge is 0.222 e. The van der Waals surface area contributed by atoms with E-state index in [2.05, 4.69) is 31.2 Å². The number of hydrogen-bond donors (Lipinski definition) is 0. The normalized spacial score (nSPS) is 12.0. The van der Waals surface area contributed by atoms with Gasteiger partial charge in [0.15, 0.2) is 0 Å². The van der Waals surface area contributed by atoms with Crippen molar-refractivity contribution in [1.82, 2.24) is 4.90 Å². The fourth-order valence-corrected chi connectivity index (χ4v) is 3.73. The minimum atomic E-state index is 0.115. The first-order valence-electron chi connectivity index (χ1n) is 11.1. The third-order valence-electron chi connectivity index (χ3n) is 5.38. The van der Waals surface area contributed by atoms with Gasteiger partial charge in [0, 0.05) is 25.4 Å². The van der Waals surface area contributed by atoms with Gasteiger partial charge in [0.25, 0.3) is 0 Å². The Bertz CT molecular complexity index is 928. The Morgan fingerprint density at radius 1 is 1.03 bits per heavy atom. The zero-order valence-electron chi connectivity index (χ0n) is 19.0. The molecule has 0 N–H and O–H groups in total. The van der Waals surface area contributed by atoms with Crippen molar-refractivity contribution in [3.8, 4) is 5.75 Å². The summed E-state index contributed by atoms with van der Waals surface area (Å²) in [6.07, 6.45) is 3.15. The molecule has 0 radical (unpaired) electrons. The average Bonchev–Trinajstić information content (AvgIpc) is 3.29. The van der Waals surface area contributed by atoms with Gasteiger partial charge in [-0.1, -0.05) is 48.9 Å². The fraction of sp³-hybridized carbons (Fsp3) is 0.370. The molecule has 1 heterocycles. The van der Waals surface area contributed by atoms with E-state index in [4.69, 9.17) is 9.15 Å². The zero-order chi connectivity index (χ0) is 22.2. The highest BCUT2D eigenvalue weighted by Gasteiger charge is 2.20. The SMILES string of the molecule is CCC(=O)N(CC[C@H](c1ccc(C)cc1)c1ccco1)Cc1ccc(OC(C)C)cc1. The number of amides is 1. The van der Waals surface area contributed by atoms with E-state index < -0.39 is 0 Å². The third kappa shape index (κ3) is 6.48. The lowest BCUT2D eigenvalue weighted by atomic mass is 9.92. The Morgan fingerprint density at radius 2 is 1.74 bits per heavy atom. The van der Waals surface area contributed by atoms with Crippen molar-refractivity contribution in [3.05, 3.63) is 89.4 Å². The number of nitrogens with zero attached hydrogens (tertiary/aromatic N) is 1. The summed E-state index contributed by atoms with van der Waals surface area (Å²) in [6, 6.07) is 20.5. The molecule has 1 aromatic heterocycles. The molecule has 4 nitrogen and oxygen atoms in total. The molecular weight excluding hydrogens is 386 g/mol. The first-order chi connectivity index (χ1) is 15.0. The zero-order valence-corrected chi connectivity index (χ0v) is 19.0. The highest BCUT2D eigenvalue weighted by molar-refractivity contribution is 5.75. The number of carbonyl (C=O) groups excluding carboxylic acids is 1. The lowest BCUT2D eigenvalue weighted by Crippen LogP contribution is -2.31. The summed E-state index contributed by atoms with van der Waals surface area (Å²) in [6.45, 7) is 9.28. The van der Waals surface area contributed by atoms with Crippen LogP contribution < -0.4 is 4.74 Å². The van der Waals surface area contributed by atoms with E-state index in [1.54, 1.807) is 6.26 Å². The maximum Gasteiger partial charge on any atom is 0.222 e. The predicted octanol–water partition coefficient (Wildman–Crippen LogP) is 6.34. The monoisotopic (exact) mass is 419 g/mol. The number of furan rings is 1. The van der Waals surface area contributed by atoms with Gasteiger partial charge in [-0.05, 0) is 62.6 Å². The largest absolute Gasteiger partial charge is 0.491 e. The lowest BCUT2D eigenvalue weighted by molar-refractivity contribution is -0.131. The second kappa shape index (κ2) is 10.9. The number of rotatable bonds is 10. The molecule has 0 aliphatic rings. The molecular formula is C27H33NO3. The molecule has 0 spiro atoms. The maximum atomic E-state index is 12.7. The molecule has 3 rings (SSSR count). The van der Waals surface area contributed by atoms with Crippen LogP contribution in [0.5, 0.6) is 5.75 Å². The van der Waals surface area contributed by atoms with Crippen LogP contribution in [0.1, 0.15) is 62.0 Å². The summed E-state index contributed by atoms with van der Waals surface area (Å²) >= 11 is 0. The number of aryl methyl sites for hydroxylation is 1. The molecule has 1 amide bonds. The van der Waals surface area contributed by atoms with E-state index >= 15 is 0 Å². The summed E-state index contributed by atoms with van der Waals surface area (Å²) in [4.78, 5) is 14.6. The molecule has 0 saturated heterocycles. The van der Waals surface area contributed by atoms with Gasteiger partial charge in [0.05, 0.1) is 12.4 Å². The molecule has 164 valence electrons. The van der Waals surface area contributed by atoms with Crippen molar-refractivity contribution in [1.29, 1.82) is 0 Å². The van der Waals surface area contributed by atoms with Crippen molar-refractivity contribution in [2.75, 3.05) is 6.54 Å². The molecule has 4 heteroatoms. The van der Waals surface area contributed by atoms with E-state index in [1.165, 1.54) is 11.1 Å². The molecule has 0 unspecified atom stereocenters. The summed E-state index contributed by atoms with van der Waals surface area (Å²) in [5.74, 6) is 2.06. The molecule has 0 bridgehead atoms. The van der Waals surface area contributed by atoms with Gasteiger partial charge in [0.1, 0.15) is 11.5 Å². The Kier molecular flexibility index (Phi) is 7.94. The van der Waals surface area contributed by atoms with Crippen LogP contribution in [0.3, 0.4) is 0 Å². The van der Waals surface area contributed by atoms with Crippen LogP contribution in [-0.4, -0.2) is 23.5 Å². The van der Waals surface area contributed by atoms with Crippen LogP contribution in [0.15, 0.2) is 71.3 Å². The molecule has 2 aromatic carbocycles. The van der Waals surface area contributed by atoms with Gasteiger partial charge in [-0.2, -0.15) is 0 Å². The maximum absolute atomic E-state index is 12.7. The second-order valence-corrected chi connectivity index (χ2v) is 8.25. The van der Waals surface area contributed by atoms with E-state index in [0.717, 1.165) is 23.5 Å². The van der Waals surface area contributed by atoms with Crippen molar-refractivity contribution >= 4 is 5.91 Å². The summed E-state index contributed by atoms with van der Waals surface area (Å²) in [5, 5.41) is 0. The fourth-order valence-electron chi connectivity index (χ4n) is 3.73. The highest BCUT2D eigenvalue weighted by Crippen LogP contribution is 2.29. The van der Waals surface area contributed by atoms with Crippen LogP contribution in [0.25, 0.3) is 0 Å². The van der Waals surface area contributed by atoms with Gasteiger partial charge in [0.2, 0.25) is 5.91 Å².